The summed E-state index contributed by atoms with van der Waals surface area (Å²) in [4.78, 5) is 18.5. The maximum Gasteiger partial charge on any atom is 0.254 e. The quantitative estimate of drug-likeness (QED) is 0.721. The number of aryl methyl sites for hydroxylation is 1. The molecule has 3 heterocycles. The Morgan fingerprint density at radius 1 is 1.24 bits per heavy atom. The largest absolute Gasteiger partial charge is 0.345 e. The average molecular weight is 339 g/mol. The lowest BCUT2D eigenvalue weighted by molar-refractivity contribution is 0.0642. The molecule has 7 heteroatoms. The van der Waals surface area contributed by atoms with Gasteiger partial charge in [-0.05, 0) is 44.2 Å². The van der Waals surface area contributed by atoms with E-state index < -0.39 is 5.82 Å². The number of benzene rings is 1. The molecule has 4 rings (SSSR count). The summed E-state index contributed by atoms with van der Waals surface area (Å²) >= 11 is 0. The summed E-state index contributed by atoms with van der Waals surface area (Å²) in [6.07, 6.45) is 2.76. The van der Waals surface area contributed by atoms with Crippen LogP contribution in [0, 0.1) is 12.7 Å². The molecular formula is C18H18FN5O. The van der Waals surface area contributed by atoms with Gasteiger partial charge in [-0.3, -0.25) is 4.79 Å². The van der Waals surface area contributed by atoms with Crippen LogP contribution in [0.5, 0.6) is 0 Å². The van der Waals surface area contributed by atoms with Gasteiger partial charge in [-0.1, -0.05) is 0 Å². The first-order valence-corrected chi connectivity index (χ1v) is 8.18. The van der Waals surface area contributed by atoms with E-state index in [2.05, 4.69) is 27.6 Å². The van der Waals surface area contributed by atoms with Crippen LogP contribution in [-0.2, 0) is 6.54 Å². The minimum absolute atomic E-state index is 0.0481. The first-order chi connectivity index (χ1) is 12.1. The Bertz CT molecular complexity index is 931. The molecule has 3 aromatic rings. The van der Waals surface area contributed by atoms with E-state index in [0.29, 0.717) is 12.1 Å². The van der Waals surface area contributed by atoms with Gasteiger partial charge in [0.15, 0.2) is 0 Å². The molecule has 0 spiro atoms. The molecule has 1 aliphatic rings. The van der Waals surface area contributed by atoms with E-state index >= 15 is 0 Å². The maximum atomic E-state index is 14.4. The topological polar surface area (TPSA) is 56.0 Å². The van der Waals surface area contributed by atoms with Crippen molar-refractivity contribution >= 4 is 5.91 Å². The minimum Gasteiger partial charge on any atom is -0.345 e. The van der Waals surface area contributed by atoms with Gasteiger partial charge in [-0.15, -0.1) is 0 Å². The predicted octanol–water partition coefficient (Wildman–Crippen LogP) is 2.73. The molecule has 1 atom stereocenters. The fourth-order valence-electron chi connectivity index (χ4n) is 3.42. The third-order valence-electron chi connectivity index (χ3n) is 4.81. The summed E-state index contributed by atoms with van der Waals surface area (Å²) in [5.74, 6) is -0.665. The van der Waals surface area contributed by atoms with Crippen molar-refractivity contribution in [2.75, 3.05) is 6.54 Å². The predicted molar refractivity (Wildman–Crippen MR) is 89.9 cm³/mol. The Labute approximate surface area is 144 Å². The molecular weight excluding hydrogens is 321 g/mol. The molecule has 0 radical (unpaired) electrons. The molecule has 0 saturated heterocycles. The van der Waals surface area contributed by atoms with Crippen LogP contribution in [0.4, 0.5) is 4.39 Å². The summed E-state index contributed by atoms with van der Waals surface area (Å²) < 4.78 is 18.0. The molecule has 1 amide bonds. The molecule has 1 aliphatic heterocycles. The van der Waals surface area contributed by atoms with E-state index in [4.69, 9.17) is 0 Å². The minimum atomic E-state index is -0.500. The second-order valence-corrected chi connectivity index (χ2v) is 6.23. The van der Waals surface area contributed by atoms with Crippen molar-refractivity contribution in [3.63, 3.8) is 0 Å². The molecule has 6 nitrogen and oxygen atoms in total. The zero-order valence-electron chi connectivity index (χ0n) is 14.1. The zero-order valence-corrected chi connectivity index (χ0v) is 14.1. The summed E-state index contributed by atoms with van der Waals surface area (Å²) in [5.41, 5.74) is 2.91. The monoisotopic (exact) mass is 339 g/mol. The number of carbonyl (C=O) groups is 1. The number of amides is 1. The van der Waals surface area contributed by atoms with Crippen molar-refractivity contribution in [3.05, 3.63) is 65.8 Å². The van der Waals surface area contributed by atoms with E-state index in [1.54, 1.807) is 17.0 Å². The van der Waals surface area contributed by atoms with Crippen LogP contribution in [0.25, 0.3) is 5.69 Å². The molecule has 2 aromatic heterocycles. The van der Waals surface area contributed by atoms with E-state index in [9.17, 15) is 9.18 Å². The van der Waals surface area contributed by atoms with Gasteiger partial charge in [0.25, 0.3) is 5.91 Å². The molecule has 0 unspecified atom stereocenters. The first kappa shape index (κ1) is 15.6. The lowest BCUT2D eigenvalue weighted by Crippen LogP contribution is -2.41. The highest BCUT2D eigenvalue weighted by Crippen LogP contribution is 2.29. The van der Waals surface area contributed by atoms with Crippen molar-refractivity contribution in [2.24, 2.45) is 0 Å². The molecule has 0 saturated carbocycles. The summed E-state index contributed by atoms with van der Waals surface area (Å²) in [5, 5.41) is 3.92. The second kappa shape index (κ2) is 5.84. The fraction of sp³-hybridized carbons (Fsp3) is 0.278. The Morgan fingerprint density at radius 2 is 2.08 bits per heavy atom. The van der Waals surface area contributed by atoms with Crippen LogP contribution in [0.15, 0.2) is 43.0 Å². The smallest absolute Gasteiger partial charge is 0.254 e. The van der Waals surface area contributed by atoms with Crippen molar-refractivity contribution in [2.45, 2.75) is 26.4 Å². The number of nitrogens with zero attached hydrogens (tertiary/aromatic N) is 5. The standard InChI is InChI=1S/C18H18FN5O/c1-12-3-5-16-13(2)23(8-7-22(12)16)18(25)14-4-6-17(15(19)9-14)24-11-20-10-21-24/h3-6,9-11,13H,7-8H2,1-2H3/t13-/m1/s1. The van der Waals surface area contributed by atoms with Gasteiger partial charge in [-0.25, -0.2) is 14.1 Å². The van der Waals surface area contributed by atoms with Gasteiger partial charge >= 0.3 is 0 Å². The lowest BCUT2D eigenvalue weighted by atomic mass is 10.1. The number of hydrogen-bond donors (Lipinski definition) is 0. The highest BCUT2D eigenvalue weighted by molar-refractivity contribution is 5.94. The molecule has 0 aliphatic carbocycles. The summed E-state index contributed by atoms with van der Waals surface area (Å²) in [6.45, 7) is 5.42. The number of carbonyl (C=O) groups excluding carboxylic acids is 1. The molecule has 0 fully saturated rings. The Balaban J connectivity index is 1.62. The van der Waals surface area contributed by atoms with Gasteiger partial charge in [0.05, 0.1) is 6.04 Å². The first-order valence-electron chi connectivity index (χ1n) is 8.18. The van der Waals surface area contributed by atoms with E-state index in [1.165, 1.54) is 29.1 Å². The van der Waals surface area contributed by atoms with Gasteiger partial charge in [0, 0.05) is 30.0 Å². The zero-order chi connectivity index (χ0) is 17.6. The number of aromatic nitrogens is 4. The number of fused-ring (bicyclic) bond motifs is 1. The summed E-state index contributed by atoms with van der Waals surface area (Å²) in [7, 11) is 0. The van der Waals surface area contributed by atoms with Gasteiger partial charge in [-0.2, -0.15) is 5.10 Å². The third-order valence-corrected chi connectivity index (χ3v) is 4.81. The molecule has 1 aromatic carbocycles. The van der Waals surface area contributed by atoms with E-state index in [0.717, 1.165) is 12.2 Å². The third kappa shape index (κ3) is 2.52. The maximum absolute atomic E-state index is 14.4. The summed E-state index contributed by atoms with van der Waals surface area (Å²) in [6, 6.07) is 8.52. The molecule has 128 valence electrons. The number of rotatable bonds is 2. The fourth-order valence-corrected chi connectivity index (χ4v) is 3.42. The van der Waals surface area contributed by atoms with E-state index in [-0.39, 0.29) is 17.6 Å². The SMILES string of the molecule is Cc1ccc2n1CCN(C(=O)c1ccc(-n3cncn3)c(F)c1)[C@@H]2C. The van der Waals surface area contributed by atoms with Gasteiger partial charge in [0.1, 0.15) is 24.2 Å². The van der Waals surface area contributed by atoms with Gasteiger partial charge in [0.2, 0.25) is 0 Å². The molecule has 25 heavy (non-hydrogen) atoms. The lowest BCUT2D eigenvalue weighted by Gasteiger charge is -2.35. The number of halogens is 1. The van der Waals surface area contributed by atoms with Crippen molar-refractivity contribution < 1.29 is 9.18 Å². The van der Waals surface area contributed by atoms with Crippen LogP contribution in [-0.4, -0.2) is 36.7 Å². The van der Waals surface area contributed by atoms with Gasteiger partial charge < -0.3 is 9.47 Å². The van der Waals surface area contributed by atoms with Crippen LogP contribution in [0.2, 0.25) is 0 Å². The number of hydrogen-bond acceptors (Lipinski definition) is 3. The Kier molecular flexibility index (Phi) is 3.63. The average Bonchev–Trinajstić information content (AvgIpc) is 3.25. The van der Waals surface area contributed by atoms with Crippen LogP contribution in [0.3, 0.4) is 0 Å². The highest BCUT2D eigenvalue weighted by atomic mass is 19.1. The van der Waals surface area contributed by atoms with Crippen molar-refractivity contribution in [1.29, 1.82) is 0 Å². The van der Waals surface area contributed by atoms with E-state index in [1.807, 2.05) is 13.0 Å². The molecule has 0 N–H and O–H groups in total. The Hall–Kier alpha value is -2.96. The van der Waals surface area contributed by atoms with Crippen LogP contribution >= 0.6 is 0 Å². The Morgan fingerprint density at radius 3 is 2.80 bits per heavy atom. The van der Waals surface area contributed by atoms with Crippen LogP contribution < -0.4 is 0 Å². The van der Waals surface area contributed by atoms with Crippen LogP contribution in [0.1, 0.15) is 34.7 Å². The normalized spacial score (nSPS) is 16.8. The van der Waals surface area contributed by atoms with Crippen molar-refractivity contribution in [1.82, 2.24) is 24.2 Å². The highest BCUT2D eigenvalue weighted by Gasteiger charge is 2.29. The molecule has 0 bridgehead atoms. The van der Waals surface area contributed by atoms with Crippen molar-refractivity contribution in [3.8, 4) is 5.69 Å². The second-order valence-electron chi connectivity index (χ2n) is 6.23.